The third-order valence-corrected chi connectivity index (χ3v) is 3.77. The van der Waals surface area contributed by atoms with E-state index in [0.717, 1.165) is 25.0 Å². The molecule has 21 heavy (non-hydrogen) atoms. The number of piperidine rings is 1. The molecule has 0 aromatic heterocycles. The summed E-state index contributed by atoms with van der Waals surface area (Å²) in [5.41, 5.74) is 0.000647. The first-order valence-corrected chi connectivity index (χ1v) is 7.21. The summed E-state index contributed by atoms with van der Waals surface area (Å²) in [5, 5.41) is 3.20. The Labute approximate surface area is 126 Å². The first-order valence-electron chi connectivity index (χ1n) is 6.67. The van der Waals surface area contributed by atoms with Crippen molar-refractivity contribution in [1.82, 2.24) is 4.90 Å². The molecule has 116 valence electrons. The molecule has 1 heterocycles. The van der Waals surface area contributed by atoms with Crippen LogP contribution in [-0.4, -0.2) is 35.8 Å². The second-order valence-corrected chi connectivity index (χ2v) is 5.28. The van der Waals surface area contributed by atoms with E-state index in [1.54, 1.807) is 4.90 Å². The molecule has 1 saturated heterocycles. The third-order valence-electron chi connectivity index (χ3n) is 3.54. The van der Waals surface area contributed by atoms with E-state index < -0.39 is 11.7 Å². The van der Waals surface area contributed by atoms with E-state index in [0.29, 0.717) is 18.8 Å². The third kappa shape index (κ3) is 4.27. The van der Waals surface area contributed by atoms with E-state index in [4.69, 9.17) is 11.6 Å². The van der Waals surface area contributed by atoms with Crippen molar-refractivity contribution in [2.45, 2.75) is 25.1 Å². The maximum atomic E-state index is 12.5. The summed E-state index contributed by atoms with van der Waals surface area (Å²) in [6.07, 6.45) is -2.81. The Bertz CT molecular complexity index is 482. The molecule has 0 bridgehead atoms. The van der Waals surface area contributed by atoms with Gasteiger partial charge in [-0.2, -0.15) is 13.2 Å². The van der Waals surface area contributed by atoms with Gasteiger partial charge in [0.05, 0.1) is 5.56 Å². The lowest BCUT2D eigenvalue weighted by molar-refractivity contribution is -0.137. The largest absolute Gasteiger partial charge is 0.416 e. The molecule has 1 aromatic carbocycles. The van der Waals surface area contributed by atoms with E-state index in [1.165, 1.54) is 12.1 Å². The summed E-state index contributed by atoms with van der Waals surface area (Å²) in [6, 6.07) is 5.14. The number of anilines is 1. The SMILES string of the molecule is O=C(CCl)N1CCC(Nc2ccc(C(F)(F)F)cc2)CC1. The molecule has 3 nitrogen and oxygen atoms in total. The van der Waals surface area contributed by atoms with Crippen LogP contribution in [0.3, 0.4) is 0 Å². The highest BCUT2D eigenvalue weighted by atomic mass is 35.5. The molecule has 1 N–H and O–H groups in total. The number of hydrogen-bond acceptors (Lipinski definition) is 2. The fraction of sp³-hybridized carbons (Fsp3) is 0.500. The van der Waals surface area contributed by atoms with Gasteiger partial charge in [0.15, 0.2) is 0 Å². The summed E-state index contributed by atoms with van der Waals surface area (Å²) in [6.45, 7) is 1.23. The van der Waals surface area contributed by atoms with Gasteiger partial charge in [-0.05, 0) is 37.1 Å². The molecule has 0 spiro atoms. The average molecular weight is 321 g/mol. The maximum absolute atomic E-state index is 12.5. The van der Waals surface area contributed by atoms with Crippen molar-refractivity contribution >= 4 is 23.2 Å². The Balaban J connectivity index is 1.88. The van der Waals surface area contributed by atoms with Gasteiger partial charge in [-0.15, -0.1) is 11.6 Å². The molecule has 1 amide bonds. The van der Waals surface area contributed by atoms with Crippen molar-refractivity contribution < 1.29 is 18.0 Å². The van der Waals surface area contributed by atoms with Crippen LogP contribution >= 0.6 is 11.6 Å². The van der Waals surface area contributed by atoms with Crippen molar-refractivity contribution in [3.63, 3.8) is 0 Å². The average Bonchev–Trinajstić information content (AvgIpc) is 2.47. The van der Waals surface area contributed by atoms with E-state index in [9.17, 15) is 18.0 Å². The number of alkyl halides is 4. The van der Waals surface area contributed by atoms with Gasteiger partial charge in [-0.3, -0.25) is 4.79 Å². The molecule has 0 radical (unpaired) electrons. The number of carbonyl (C=O) groups excluding carboxylic acids is 1. The summed E-state index contributed by atoms with van der Waals surface area (Å²) in [4.78, 5) is 13.1. The fourth-order valence-electron chi connectivity index (χ4n) is 2.35. The van der Waals surface area contributed by atoms with E-state index in [1.807, 2.05) is 0 Å². The Hall–Kier alpha value is -1.43. The van der Waals surface area contributed by atoms with Gasteiger partial charge in [-0.1, -0.05) is 0 Å². The minimum Gasteiger partial charge on any atom is -0.382 e. The topological polar surface area (TPSA) is 32.3 Å². The second-order valence-electron chi connectivity index (χ2n) is 5.01. The normalized spacial score (nSPS) is 16.9. The van der Waals surface area contributed by atoms with Gasteiger partial charge < -0.3 is 10.2 Å². The van der Waals surface area contributed by atoms with E-state index in [-0.39, 0.29) is 17.8 Å². The zero-order chi connectivity index (χ0) is 15.5. The molecular weight excluding hydrogens is 305 g/mol. The minimum absolute atomic E-state index is 0.0169. The standard InChI is InChI=1S/C14H16ClF3N2O/c15-9-13(21)20-7-5-12(6-8-20)19-11-3-1-10(2-4-11)14(16,17)18/h1-4,12,19H,5-9H2. The highest BCUT2D eigenvalue weighted by molar-refractivity contribution is 6.27. The van der Waals surface area contributed by atoms with Crippen molar-refractivity contribution in [3.05, 3.63) is 29.8 Å². The molecule has 0 atom stereocenters. The van der Waals surface area contributed by atoms with Crippen molar-refractivity contribution in [3.8, 4) is 0 Å². The molecule has 0 aliphatic carbocycles. The number of nitrogens with one attached hydrogen (secondary N) is 1. The first kappa shape index (κ1) is 15.9. The van der Waals surface area contributed by atoms with Crippen molar-refractivity contribution in [2.24, 2.45) is 0 Å². The van der Waals surface area contributed by atoms with Crippen LogP contribution in [0.5, 0.6) is 0 Å². The van der Waals surface area contributed by atoms with E-state index >= 15 is 0 Å². The highest BCUT2D eigenvalue weighted by Gasteiger charge is 2.30. The molecule has 1 fully saturated rings. The number of amides is 1. The molecule has 0 unspecified atom stereocenters. The number of benzene rings is 1. The summed E-state index contributed by atoms with van der Waals surface area (Å²) >= 11 is 5.50. The van der Waals surface area contributed by atoms with Crippen molar-refractivity contribution in [2.75, 3.05) is 24.3 Å². The summed E-state index contributed by atoms with van der Waals surface area (Å²) < 4.78 is 37.4. The molecule has 7 heteroatoms. The molecule has 1 aliphatic heterocycles. The lowest BCUT2D eigenvalue weighted by Gasteiger charge is -2.32. The zero-order valence-corrected chi connectivity index (χ0v) is 12.0. The monoisotopic (exact) mass is 320 g/mol. The van der Waals surface area contributed by atoms with Gasteiger partial charge in [0.2, 0.25) is 5.91 Å². The first-order chi connectivity index (χ1) is 9.90. The van der Waals surface area contributed by atoms with Gasteiger partial charge >= 0.3 is 6.18 Å². The lowest BCUT2D eigenvalue weighted by Crippen LogP contribution is -2.42. The van der Waals surface area contributed by atoms with Crippen LogP contribution in [0.2, 0.25) is 0 Å². The fourth-order valence-corrected chi connectivity index (χ4v) is 2.52. The van der Waals surface area contributed by atoms with Gasteiger partial charge in [-0.25, -0.2) is 0 Å². The zero-order valence-electron chi connectivity index (χ0n) is 11.3. The number of carbonyl (C=O) groups is 1. The maximum Gasteiger partial charge on any atom is 0.416 e. The Morgan fingerprint density at radius 1 is 1.24 bits per heavy atom. The van der Waals surface area contributed by atoms with E-state index in [2.05, 4.69) is 5.32 Å². The predicted octanol–water partition coefficient (Wildman–Crippen LogP) is 3.35. The smallest absolute Gasteiger partial charge is 0.382 e. The minimum atomic E-state index is -4.31. The lowest BCUT2D eigenvalue weighted by atomic mass is 10.0. The number of likely N-dealkylation sites (tertiary alicyclic amines) is 1. The van der Waals surface area contributed by atoms with Crippen molar-refractivity contribution in [1.29, 1.82) is 0 Å². The van der Waals surface area contributed by atoms with Gasteiger partial charge in [0.25, 0.3) is 0 Å². The van der Waals surface area contributed by atoms with Crippen LogP contribution in [0.1, 0.15) is 18.4 Å². The molecular formula is C14H16ClF3N2O. The number of hydrogen-bond donors (Lipinski definition) is 1. The van der Waals surface area contributed by atoms with Crippen LogP contribution in [0.15, 0.2) is 24.3 Å². The Morgan fingerprint density at radius 2 is 1.81 bits per heavy atom. The van der Waals surface area contributed by atoms with Gasteiger partial charge in [0, 0.05) is 24.8 Å². The van der Waals surface area contributed by atoms with Crippen LogP contribution in [0.25, 0.3) is 0 Å². The molecule has 1 aliphatic rings. The number of halogens is 4. The van der Waals surface area contributed by atoms with Crippen LogP contribution < -0.4 is 5.32 Å². The Morgan fingerprint density at radius 3 is 2.29 bits per heavy atom. The number of rotatable bonds is 3. The van der Waals surface area contributed by atoms with Crippen LogP contribution in [0, 0.1) is 0 Å². The second kappa shape index (κ2) is 6.56. The highest BCUT2D eigenvalue weighted by Crippen LogP contribution is 2.30. The predicted molar refractivity (Wildman–Crippen MR) is 75.4 cm³/mol. The molecule has 0 saturated carbocycles. The quantitative estimate of drug-likeness (QED) is 0.866. The van der Waals surface area contributed by atoms with Gasteiger partial charge in [0.1, 0.15) is 5.88 Å². The molecule has 1 aromatic rings. The van der Waals surface area contributed by atoms with Crippen LogP contribution in [-0.2, 0) is 11.0 Å². The summed E-state index contributed by atoms with van der Waals surface area (Å²) in [5.74, 6) is -0.0959. The molecule has 2 rings (SSSR count). The van der Waals surface area contributed by atoms with Crippen LogP contribution in [0.4, 0.5) is 18.9 Å². The summed E-state index contributed by atoms with van der Waals surface area (Å²) in [7, 11) is 0. The Kier molecular flexibility index (Phi) is 4.98. The number of nitrogens with zero attached hydrogens (tertiary/aromatic N) is 1.